The Morgan fingerprint density at radius 3 is 2.29 bits per heavy atom. The molecule has 0 saturated carbocycles. The van der Waals surface area contributed by atoms with E-state index in [9.17, 15) is 13.2 Å². The average molecular weight is 300 g/mol. The maximum Gasteiger partial charge on any atom is 0.490 e. The van der Waals surface area contributed by atoms with Crippen molar-refractivity contribution in [3.8, 4) is 0 Å². The van der Waals surface area contributed by atoms with Gasteiger partial charge < -0.3 is 16.2 Å². The van der Waals surface area contributed by atoms with Crippen LogP contribution in [-0.4, -0.2) is 30.3 Å². The molecule has 0 aliphatic rings. The highest BCUT2D eigenvalue weighted by atomic mass is 19.4. The van der Waals surface area contributed by atoms with Crippen LogP contribution in [-0.2, 0) is 4.79 Å². The number of alkyl halides is 3. The van der Waals surface area contributed by atoms with E-state index in [0.717, 1.165) is 12.2 Å². The van der Waals surface area contributed by atoms with Crippen LogP contribution < -0.4 is 11.1 Å². The van der Waals surface area contributed by atoms with Crippen molar-refractivity contribution in [3.05, 3.63) is 42.5 Å². The summed E-state index contributed by atoms with van der Waals surface area (Å²) in [4.78, 5) is 8.90. The lowest BCUT2D eigenvalue weighted by molar-refractivity contribution is -0.192. The lowest BCUT2D eigenvalue weighted by Crippen LogP contribution is -2.21. The minimum atomic E-state index is -5.08. The summed E-state index contributed by atoms with van der Waals surface area (Å²) in [5.74, 6) is -2.76. The number of benzene rings is 2. The minimum Gasteiger partial charge on any atom is -0.475 e. The first-order valence-electron chi connectivity index (χ1n) is 6.08. The molecule has 2 rings (SSSR count). The van der Waals surface area contributed by atoms with Gasteiger partial charge in [-0.1, -0.05) is 36.4 Å². The Morgan fingerprint density at radius 1 is 1.14 bits per heavy atom. The van der Waals surface area contributed by atoms with E-state index in [0.29, 0.717) is 6.54 Å². The number of carboxylic acid groups (broad SMARTS) is 1. The molecular weight excluding hydrogens is 285 g/mol. The van der Waals surface area contributed by atoms with Crippen LogP contribution in [0.25, 0.3) is 10.8 Å². The van der Waals surface area contributed by atoms with Gasteiger partial charge in [-0.2, -0.15) is 13.2 Å². The molecule has 114 valence electrons. The molecule has 0 saturated heterocycles. The Balaban J connectivity index is 0.000000270. The lowest BCUT2D eigenvalue weighted by Gasteiger charge is -2.08. The highest BCUT2D eigenvalue weighted by Crippen LogP contribution is 2.22. The normalized spacial score (nSPS) is 10.7. The van der Waals surface area contributed by atoms with Crippen molar-refractivity contribution in [1.29, 1.82) is 0 Å². The largest absolute Gasteiger partial charge is 0.490 e. The second-order valence-electron chi connectivity index (χ2n) is 4.05. The van der Waals surface area contributed by atoms with Gasteiger partial charge in [0.05, 0.1) is 0 Å². The van der Waals surface area contributed by atoms with Crippen LogP contribution >= 0.6 is 0 Å². The predicted octanol–water partition coefficient (Wildman–Crippen LogP) is 2.84. The third kappa shape index (κ3) is 5.31. The number of hydrogen-bond acceptors (Lipinski definition) is 3. The Bertz CT molecular complexity index is 595. The summed E-state index contributed by atoms with van der Waals surface area (Å²) in [7, 11) is 0. The molecule has 4 nitrogen and oxygen atoms in total. The third-order valence-corrected chi connectivity index (χ3v) is 2.49. The molecular formula is C14H15F3N2O2. The quantitative estimate of drug-likeness (QED) is 0.814. The first-order chi connectivity index (χ1) is 9.86. The molecule has 7 heteroatoms. The summed E-state index contributed by atoms with van der Waals surface area (Å²) in [6.07, 6.45) is -5.08. The number of nitrogens with two attached hydrogens (primary N) is 1. The summed E-state index contributed by atoms with van der Waals surface area (Å²) in [5.41, 5.74) is 6.62. The molecule has 21 heavy (non-hydrogen) atoms. The van der Waals surface area contributed by atoms with E-state index in [-0.39, 0.29) is 0 Å². The van der Waals surface area contributed by atoms with Gasteiger partial charge in [-0.3, -0.25) is 0 Å². The average Bonchev–Trinajstić information content (AvgIpc) is 2.44. The van der Waals surface area contributed by atoms with Crippen LogP contribution in [0.3, 0.4) is 0 Å². The number of aliphatic carboxylic acids is 1. The number of halogens is 3. The number of nitrogens with one attached hydrogen (secondary N) is 1. The standard InChI is InChI=1S/C12H14N2.C2HF3O2/c13-8-9-14-12-7-3-5-10-4-1-2-6-11(10)12;3-2(4,5)1(6)7/h1-7,14H,8-9,13H2;(H,6,7). The van der Waals surface area contributed by atoms with Gasteiger partial charge in [-0.25, -0.2) is 4.79 Å². The van der Waals surface area contributed by atoms with Crippen LogP contribution in [0.4, 0.5) is 18.9 Å². The molecule has 2 aromatic carbocycles. The van der Waals surface area contributed by atoms with E-state index >= 15 is 0 Å². The van der Waals surface area contributed by atoms with Crippen molar-refractivity contribution >= 4 is 22.4 Å². The molecule has 4 N–H and O–H groups in total. The van der Waals surface area contributed by atoms with Crippen LogP contribution in [0.5, 0.6) is 0 Å². The molecule has 0 atom stereocenters. The van der Waals surface area contributed by atoms with Crippen molar-refractivity contribution in [2.24, 2.45) is 5.73 Å². The third-order valence-electron chi connectivity index (χ3n) is 2.49. The summed E-state index contributed by atoms with van der Waals surface area (Å²) in [6, 6.07) is 14.6. The summed E-state index contributed by atoms with van der Waals surface area (Å²) < 4.78 is 31.7. The van der Waals surface area contributed by atoms with E-state index in [2.05, 4.69) is 47.8 Å². The molecule has 0 aliphatic heterocycles. The molecule has 2 aromatic rings. The number of carboxylic acids is 1. The zero-order valence-electron chi connectivity index (χ0n) is 11.0. The van der Waals surface area contributed by atoms with Crippen LogP contribution in [0, 0.1) is 0 Å². The van der Waals surface area contributed by atoms with Crippen molar-refractivity contribution in [1.82, 2.24) is 0 Å². The van der Waals surface area contributed by atoms with Crippen molar-refractivity contribution < 1.29 is 23.1 Å². The van der Waals surface area contributed by atoms with Gasteiger partial charge >= 0.3 is 12.1 Å². The zero-order valence-corrected chi connectivity index (χ0v) is 11.0. The van der Waals surface area contributed by atoms with Crippen LogP contribution in [0.15, 0.2) is 42.5 Å². The second-order valence-corrected chi connectivity index (χ2v) is 4.05. The van der Waals surface area contributed by atoms with Gasteiger partial charge in [0.1, 0.15) is 0 Å². The summed E-state index contributed by atoms with van der Waals surface area (Å²) >= 11 is 0. The number of fused-ring (bicyclic) bond motifs is 1. The van der Waals surface area contributed by atoms with Crippen molar-refractivity contribution in [2.45, 2.75) is 6.18 Å². The smallest absolute Gasteiger partial charge is 0.475 e. The van der Waals surface area contributed by atoms with Gasteiger partial charge in [0.25, 0.3) is 0 Å². The molecule has 0 fully saturated rings. The lowest BCUT2D eigenvalue weighted by atomic mass is 10.1. The molecule has 0 heterocycles. The highest BCUT2D eigenvalue weighted by Gasteiger charge is 2.38. The van der Waals surface area contributed by atoms with E-state index < -0.39 is 12.1 Å². The summed E-state index contributed by atoms with van der Waals surface area (Å²) in [5, 5.41) is 12.9. The molecule has 0 bridgehead atoms. The fourth-order valence-electron chi connectivity index (χ4n) is 1.59. The Morgan fingerprint density at radius 2 is 1.71 bits per heavy atom. The second kappa shape index (κ2) is 7.49. The molecule has 0 spiro atoms. The number of anilines is 1. The van der Waals surface area contributed by atoms with E-state index in [1.807, 2.05) is 0 Å². The SMILES string of the molecule is NCCNc1cccc2ccccc12.O=C(O)C(F)(F)F. The number of rotatable bonds is 3. The molecule has 0 aromatic heterocycles. The van der Waals surface area contributed by atoms with Gasteiger partial charge in [0.15, 0.2) is 0 Å². The van der Waals surface area contributed by atoms with E-state index in [1.54, 1.807) is 0 Å². The summed E-state index contributed by atoms with van der Waals surface area (Å²) in [6.45, 7) is 1.47. The molecule has 0 amide bonds. The van der Waals surface area contributed by atoms with Crippen LogP contribution in [0.1, 0.15) is 0 Å². The molecule has 0 unspecified atom stereocenters. The minimum absolute atomic E-state index is 0.656. The Labute approximate surface area is 119 Å². The van der Waals surface area contributed by atoms with Crippen molar-refractivity contribution in [2.75, 3.05) is 18.4 Å². The van der Waals surface area contributed by atoms with Gasteiger partial charge in [0, 0.05) is 24.2 Å². The van der Waals surface area contributed by atoms with E-state index in [4.69, 9.17) is 15.6 Å². The van der Waals surface area contributed by atoms with Crippen LogP contribution in [0.2, 0.25) is 0 Å². The Kier molecular flexibility index (Phi) is 5.98. The van der Waals surface area contributed by atoms with E-state index in [1.165, 1.54) is 10.8 Å². The maximum absolute atomic E-state index is 10.6. The molecule has 0 aliphatic carbocycles. The predicted molar refractivity (Wildman–Crippen MR) is 75.2 cm³/mol. The fraction of sp³-hybridized carbons (Fsp3) is 0.214. The first-order valence-corrected chi connectivity index (χ1v) is 6.08. The van der Waals surface area contributed by atoms with Crippen molar-refractivity contribution in [3.63, 3.8) is 0 Å². The first kappa shape index (κ1) is 16.8. The monoisotopic (exact) mass is 300 g/mol. The number of carbonyl (C=O) groups is 1. The molecule has 0 radical (unpaired) electrons. The topological polar surface area (TPSA) is 75.3 Å². The van der Waals surface area contributed by atoms with Gasteiger partial charge in [-0.05, 0) is 11.5 Å². The van der Waals surface area contributed by atoms with Gasteiger partial charge in [-0.15, -0.1) is 0 Å². The van der Waals surface area contributed by atoms with Gasteiger partial charge in [0.2, 0.25) is 0 Å². The highest BCUT2D eigenvalue weighted by molar-refractivity contribution is 5.93. The number of hydrogen-bond donors (Lipinski definition) is 3. The zero-order chi connectivity index (χ0) is 15.9. The Hall–Kier alpha value is -2.28. The maximum atomic E-state index is 10.6. The fourth-order valence-corrected chi connectivity index (χ4v) is 1.59.